The number of para-hydroxylation sites is 2. The van der Waals surface area contributed by atoms with Gasteiger partial charge in [0.1, 0.15) is 5.01 Å². The lowest BCUT2D eigenvalue weighted by Crippen LogP contribution is -2.32. The van der Waals surface area contributed by atoms with Crippen LogP contribution in [0, 0.1) is 0 Å². The predicted molar refractivity (Wildman–Crippen MR) is 136 cm³/mol. The van der Waals surface area contributed by atoms with E-state index < -0.39 is 10.0 Å². The van der Waals surface area contributed by atoms with Gasteiger partial charge in [0.15, 0.2) is 0 Å². The van der Waals surface area contributed by atoms with Crippen LogP contribution < -0.4 is 4.31 Å². The molecule has 1 saturated heterocycles. The van der Waals surface area contributed by atoms with Gasteiger partial charge in [0.2, 0.25) is 0 Å². The molecule has 0 radical (unpaired) electrons. The van der Waals surface area contributed by atoms with Gasteiger partial charge in [-0.2, -0.15) is 0 Å². The summed E-state index contributed by atoms with van der Waals surface area (Å²) in [7, 11) is -3.81. The molecule has 0 aliphatic carbocycles. The molecule has 34 heavy (non-hydrogen) atoms. The van der Waals surface area contributed by atoms with E-state index in [9.17, 15) is 13.2 Å². The molecular formula is C26H25N3O3S2. The Morgan fingerprint density at radius 2 is 1.82 bits per heavy atom. The van der Waals surface area contributed by atoms with E-state index in [4.69, 9.17) is 4.98 Å². The number of amides is 1. The molecule has 6 nitrogen and oxygen atoms in total. The van der Waals surface area contributed by atoms with E-state index in [0.717, 1.165) is 28.1 Å². The molecule has 0 spiro atoms. The minimum Gasteiger partial charge on any atom is -0.329 e. The monoisotopic (exact) mass is 491 g/mol. The summed E-state index contributed by atoms with van der Waals surface area (Å²) in [5.74, 6) is -0.165. The molecule has 1 unspecified atom stereocenters. The van der Waals surface area contributed by atoms with Gasteiger partial charge >= 0.3 is 0 Å². The number of benzene rings is 3. The van der Waals surface area contributed by atoms with Gasteiger partial charge in [-0.15, -0.1) is 11.3 Å². The second kappa shape index (κ2) is 9.19. The number of anilines is 1. The number of likely N-dealkylation sites (tertiary alicyclic amines) is 1. The third kappa shape index (κ3) is 4.08. The minimum atomic E-state index is -3.81. The van der Waals surface area contributed by atoms with E-state index in [2.05, 4.69) is 0 Å². The zero-order valence-electron chi connectivity index (χ0n) is 18.8. The number of aromatic nitrogens is 1. The Labute approximate surface area is 203 Å². The first-order chi connectivity index (χ1) is 16.5. The smallest absolute Gasteiger partial charge is 0.264 e. The van der Waals surface area contributed by atoms with Crippen molar-refractivity contribution in [2.75, 3.05) is 17.4 Å². The quantitative estimate of drug-likeness (QED) is 0.358. The number of fused-ring (bicyclic) bond motifs is 1. The highest BCUT2D eigenvalue weighted by Gasteiger charge is 2.33. The first-order valence-electron chi connectivity index (χ1n) is 11.3. The van der Waals surface area contributed by atoms with E-state index in [1.54, 1.807) is 48.6 Å². The Morgan fingerprint density at radius 3 is 2.59 bits per heavy atom. The fourth-order valence-electron chi connectivity index (χ4n) is 4.47. The van der Waals surface area contributed by atoms with Crippen LogP contribution in [-0.4, -0.2) is 37.3 Å². The molecule has 1 atom stereocenters. The molecule has 0 saturated carbocycles. The fourth-order valence-corrected chi connectivity index (χ4v) is 7.10. The fraction of sp³-hybridized carbons (Fsp3) is 0.231. The molecule has 174 valence electrons. The van der Waals surface area contributed by atoms with Crippen LogP contribution in [0.25, 0.3) is 10.2 Å². The highest BCUT2D eigenvalue weighted by Crippen LogP contribution is 2.37. The van der Waals surface area contributed by atoms with Gasteiger partial charge in [-0.3, -0.25) is 9.10 Å². The Bertz CT molecular complexity index is 1400. The summed E-state index contributed by atoms with van der Waals surface area (Å²) in [6.07, 6.45) is 1.74. The summed E-state index contributed by atoms with van der Waals surface area (Å²) in [5.41, 5.74) is 1.91. The Morgan fingerprint density at radius 1 is 1.06 bits per heavy atom. The van der Waals surface area contributed by atoms with E-state index in [1.165, 1.54) is 10.4 Å². The van der Waals surface area contributed by atoms with Crippen LogP contribution in [0.4, 0.5) is 5.69 Å². The van der Waals surface area contributed by atoms with Crippen molar-refractivity contribution in [3.05, 3.63) is 89.4 Å². The molecule has 2 heterocycles. The van der Waals surface area contributed by atoms with E-state index >= 15 is 0 Å². The molecule has 1 aliphatic rings. The Balaban J connectivity index is 1.45. The largest absolute Gasteiger partial charge is 0.329 e. The molecule has 4 aromatic rings. The number of hydrogen-bond acceptors (Lipinski definition) is 5. The summed E-state index contributed by atoms with van der Waals surface area (Å²) in [6, 6.07) is 23.3. The van der Waals surface area contributed by atoms with Gasteiger partial charge in [0.05, 0.1) is 26.8 Å². The molecule has 0 N–H and O–H groups in total. The lowest BCUT2D eigenvalue weighted by atomic mass is 10.1. The van der Waals surface area contributed by atoms with Gasteiger partial charge in [0.25, 0.3) is 15.9 Å². The first-order valence-corrected chi connectivity index (χ1v) is 13.6. The lowest BCUT2D eigenvalue weighted by molar-refractivity contribution is 0.0735. The van der Waals surface area contributed by atoms with Crippen LogP contribution in [0.15, 0.2) is 83.8 Å². The number of thiazole rings is 1. The van der Waals surface area contributed by atoms with Crippen molar-refractivity contribution < 1.29 is 13.2 Å². The van der Waals surface area contributed by atoms with Gasteiger partial charge in [-0.1, -0.05) is 36.4 Å². The van der Waals surface area contributed by atoms with Crippen molar-refractivity contribution in [3.63, 3.8) is 0 Å². The topological polar surface area (TPSA) is 70.6 Å². The molecule has 0 bridgehead atoms. The third-order valence-electron chi connectivity index (χ3n) is 6.11. The number of nitrogens with zero attached hydrogens (tertiary/aromatic N) is 3. The summed E-state index contributed by atoms with van der Waals surface area (Å²) in [4.78, 5) is 20.2. The van der Waals surface area contributed by atoms with Gasteiger partial charge in [0, 0.05) is 18.7 Å². The van der Waals surface area contributed by atoms with Crippen LogP contribution in [0.2, 0.25) is 0 Å². The third-order valence-corrected chi connectivity index (χ3v) is 9.15. The molecule has 5 rings (SSSR count). The van der Waals surface area contributed by atoms with Gasteiger partial charge in [-0.25, -0.2) is 13.4 Å². The highest BCUT2D eigenvalue weighted by atomic mass is 32.2. The van der Waals surface area contributed by atoms with E-state index in [1.807, 2.05) is 47.4 Å². The second-order valence-corrected chi connectivity index (χ2v) is 11.1. The summed E-state index contributed by atoms with van der Waals surface area (Å²) < 4.78 is 29.3. The number of sulfonamides is 1. The van der Waals surface area contributed by atoms with Crippen molar-refractivity contribution >= 4 is 43.2 Å². The zero-order chi connectivity index (χ0) is 23.7. The second-order valence-electron chi connectivity index (χ2n) is 8.21. The van der Waals surface area contributed by atoms with Crippen LogP contribution >= 0.6 is 11.3 Å². The molecule has 1 amide bonds. The van der Waals surface area contributed by atoms with Crippen LogP contribution in [0.5, 0.6) is 0 Å². The normalized spacial score (nSPS) is 16.1. The van der Waals surface area contributed by atoms with Crippen molar-refractivity contribution in [2.24, 2.45) is 0 Å². The maximum absolute atomic E-state index is 13.5. The van der Waals surface area contributed by atoms with Crippen LogP contribution in [0.1, 0.15) is 41.2 Å². The van der Waals surface area contributed by atoms with Crippen molar-refractivity contribution in [1.29, 1.82) is 0 Å². The van der Waals surface area contributed by atoms with E-state index in [0.29, 0.717) is 17.8 Å². The van der Waals surface area contributed by atoms with Crippen LogP contribution in [-0.2, 0) is 10.0 Å². The Kier molecular flexibility index (Phi) is 6.10. The molecule has 1 aliphatic heterocycles. The predicted octanol–water partition coefficient (Wildman–Crippen LogP) is 5.49. The lowest BCUT2D eigenvalue weighted by Gasteiger charge is -2.25. The van der Waals surface area contributed by atoms with Crippen molar-refractivity contribution in [2.45, 2.75) is 30.7 Å². The summed E-state index contributed by atoms with van der Waals surface area (Å²) in [6.45, 7) is 2.71. The molecule has 3 aromatic carbocycles. The SMILES string of the molecule is CCN(c1ccccc1)S(=O)(=O)c1cccc(C(=O)N2CCCC2c2nc3ccccc3s2)c1. The average Bonchev–Trinajstić information content (AvgIpc) is 3.52. The number of hydrogen-bond donors (Lipinski definition) is 0. The minimum absolute atomic E-state index is 0.0957. The molecule has 8 heteroatoms. The summed E-state index contributed by atoms with van der Waals surface area (Å²) in [5, 5.41) is 0.928. The maximum atomic E-state index is 13.5. The number of rotatable bonds is 6. The van der Waals surface area contributed by atoms with Crippen molar-refractivity contribution in [1.82, 2.24) is 9.88 Å². The van der Waals surface area contributed by atoms with Crippen LogP contribution in [0.3, 0.4) is 0 Å². The van der Waals surface area contributed by atoms with Crippen molar-refractivity contribution in [3.8, 4) is 0 Å². The standard InChI is InChI=1S/C26H25N3O3S2/c1-2-29(20-11-4-3-5-12-20)34(31,32)21-13-8-10-19(18-21)26(30)28-17-9-15-23(28)25-27-22-14-6-7-16-24(22)33-25/h3-8,10-14,16,18,23H,2,9,15,17H2,1H3. The molecular weight excluding hydrogens is 466 g/mol. The molecule has 1 aromatic heterocycles. The Hall–Kier alpha value is -3.23. The highest BCUT2D eigenvalue weighted by molar-refractivity contribution is 7.92. The zero-order valence-corrected chi connectivity index (χ0v) is 20.4. The summed E-state index contributed by atoms with van der Waals surface area (Å²) >= 11 is 1.62. The van der Waals surface area contributed by atoms with E-state index in [-0.39, 0.29) is 23.4 Å². The molecule has 1 fully saturated rings. The first kappa shape index (κ1) is 22.6. The van der Waals surface area contributed by atoms with Gasteiger partial charge in [-0.05, 0) is 62.2 Å². The number of carbonyl (C=O) groups excluding carboxylic acids is 1. The number of carbonyl (C=O) groups is 1. The van der Waals surface area contributed by atoms with Gasteiger partial charge < -0.3 is 4.90 Å². The average molecular weight is 492 g/mol. The maximum Gasteiger partial charge on any atom is 0.264 e.